The highest BCUT2D eigenvalue weighted by molar-refractivity contribution is 5.71. The van der Waals surface area contributed by atoms with Crippen LogP contribution in [0.1, 0.15) is 55.3 Å². The number of nitrogens with zero attached hydrogens (tertiary/aromatic N) is 1. The number of aryl methyl sites for hydroxylation is 1. The minimum Gasteiger partial charge on any atom is -0.497 e. The molecule has 0 N–H and O–H groups in total. The molecule has 4 aromatic rings. The zero-order chi connectivity index (χ0) is 26.2. The minimum atomic E-state index is 0.223. The van der Waals surface area contributed by atoms with Crippen LogP contribution in [-0.2, 0) is 13.0 Å². The first-order chi connectivity index (χ1) is 18.7. The third-order valence-electron chi connectivity index (χ3n) is 7.19. The van der Waals surface area contributed by atoms with Crippen molar-refractivity contribution in [1.82, 2.24) is 0 Å². The van der Waals surface area contributed by atoms with Crippen LogP contribution >= 0.6 is 0 Å². The molecule has 4 aromatic carbocycles. The van der Waals surface area contributed by atoms with Crippen molar-refractivity contribution in [2.45, 2.75) is 51.7 Å². The summed E-state index contributed by atoms with van der Waals surface area (Å²) in [5.41, 5.74) is 6.12. The first-order valence-electron chi connectivity index (χ1n) is 13.7. The van der Waals surface area contributed by atoms with Crippen LogP contribution in [0.5, 0.6) is 17.2 Å². The Bertz CT molecular complexity index is 1290. The van der Waals surface area contributed by atoms with E-state index in [1.54, 1.807) is 7.11 Å². The van der Waals surface area contributed by atoms with Crippen molar-refractivity contribution in [3.63, 3.8) is 0 Å². The van der Waals surface area contributed by atoms with E-state index >= 15 is 0 Å². The van der Waals surface area contributed by atoms with Crippen LogP contribution in [0.15, 0.2) is 97.1 Å². The van der Waals surface area contributed by atoms with Crippen molar-refractivity contribution in [2.24, 2.45) is 0 Å². The average molecular weight is 508 g/mol. The first-order valence-corrected chi connectivity index (χ1v) is 13.7. The molecule has 1 atom stereocenters. The molecule has 0 spiro atoms. The Morgan fingerprint density at radius 3 is 2.21 bits per heavy atom. The molecule has 4 nitrogen and oxygen atoms in total. The Labute approximate surface area is 226 Å². The smallest absolute Gasteiger partial charge is 0.119 e. The number of benzene rings is 4. The molecule has 0 bridgehead atoms. The van der Waals surface area contributed by atoms with Gasteiger partial charge in [0, 0.05) is 11.4 Å². The number of fused-ring (bicyclic) bond motifs is 1. The average Bonchev–Trinajstić information content (AvgIpc) is 2.98. The molecule has 1 aliphatic heterocycles. The first kappa shape index (κ1) is 25.7. The van der Waals surface area contributed by atoms with Gasteiger partial charge in [-0.05, 0) is 90.6 Å². The van der Waals surface area contributed by atoms with Gasteiger partial charge in [-0.25, -0.2) is 0 Å². The van der Waals surface area contributed by atoms with Gasteiger partial charge in [-0.3, -0.25) is 0 Å². The fourth-order valence-electron chi connectivity index (χ4n) is 5.12. The summed E-state index contributed by atoms with van der Waals surface area (Å²) in [6, 6.07) is 34.0. The minimum absolute atomic E-state index is 0.223. The van der Waals surface area contributed by atoms with E-state index in [0.29, 0.717) is 6.61 Å². The van der Waals surface area contributed by atoms with Gasteiger partial charge < -0.3 is 19.1 Å². The zero-order valence-corrected chi connectivity index (χ0v) is 22.4. The van der Waals surface area contributed by atoms with Gasteiger partial charge in [0.05, 0.1) is 19.8 Å². The van der Waals surface area contributed by atoms with E-state index in [4.69, 9.17) is 14.2 Å². The van der Waals surface area contributed by atoms with Gasteiger partial charge >= 0.3 is 0 Å². The lowest BCUT2D eigenvalue weighted by Gasteiger charge is -2.39. The van der Waals surface area contributed by atoms with Crippen LogP contribution in [-0.4, -0.2) is 13.7 Å². The second-order valence-electron chi connectivity index (χ2n) is 9.81. The highest BCUT2D eigenvalue weighted by atomic mass is 16.5. The molecule has 4 heteroatoms. The number of hydrogen-bond acceptors (Lipinski definition) is 4. The predicted molar refractivity (Wildman–Crippen MR) is 155 cm³/mol. The molecule has 5 rings (SSSR count). The highest BCUT2D eigenvalue weighted by Gasteiger charge is 2.29. The monoisotopic (exact) mass is 507 g/mol. The number of unbranched alkanes of at least 4 members (excludes halogenated alkanes) is 2. The molecule has 0 amide bonds. The lowest BCUT2D eigenvalue weighted by Crippen LogP contribution is -2.29. The second kappa shape index (κ2) is 12.6. The Balaban J connectivity index is 1.38. The van der Waals surface area contributed by atoms with Gasteiger partial charge in [-0.1, -0.05) is 62.2 Å². The topological polar surface area (TPSA) is 30.9 Å². The van der Waals surface area contributed by atoms with Crippen LogP contribution in [0.2, 0.25) is 0 Å². The van der Waals surface area contributed by atoms with Crippen molar-refractivity contribution in [1.29, 1.82) is 0 Å². The second-order valence-corrected chi connectivity index (χ2v) is 9.81. The Hall–Kier alpha value is -3.92. The summed E-state index contributed by atoms with van der Waals surface area (Å²) >= 11 is 0. The van der Waals surface area contributed by atoms with Crippen molar-refractivity contribution in [3.8, 4) is 17.2 Å². The van der Waals surface area contributed by atoms with Gasteiger partial charge in [-0.2, -0.15) is 0 Å². The largest absolute Gasteiger partial charge is 0.497 e. The molecule has 0 fully saturated rings. The van der Waals surface area contributed by atoms with Crippen molar-refractivity contribution in [2.75, 3.05) is 18.6 Å². The highest BCUT2D eigenvalue weighted by Crippen LogP contribution is 2.45. The number of ether oxygens (including phenoxy) is 3. The number of rotatable bonds is 11. The molecule has 0 saturated heterocycles. The summed E-state index contributed by atoms with van der Waals surface area (Å²) in [4.78, 5) is 2.45. The van der Waals surface area contributed by atoms with E-state index in [1.807, 2.05) is 18.2 Å². The third kappa shape index (κ3) is 6.13. The zero-order valence-electron chi connectivity index (χ0n) is 22.4. The van der Waals surface area contributed by atoms with Gasteiger partial charge in [0.2, 0.25) is 0 Å². The maximum atomic E-state index is 6.06. The lowest BCUT2D eigenvalue weighted by atomic mass is 9.90. The van der Waals surface area contributed by atoms with Crippen LogP contribution in [0.3, 0.4) is 0 Å². The molecule has 1 unspecified atom stereocenters. The molecule has 0 saturated carbocycles. The molecule has 0 radical (unpaired) electrons. The predicted octanol–water partition coefficient (Wildman–Crippen LogP) is 8.67. The van der Waals surface area contributed by atoms with E-state index in [2.05, 4.69) is 90.7 Å². The van der Waals surface area contributed by atoms with E-state index in [0.717, 1.165) is 54.4 Å². The number of anilines is 2. The van der Waals surface area contributed by atoms with Gasteiger partial charge in [0.25, 0.3) is 0 Å². The maximum absolute atomic E-state index is 6.06. The molecule has 38 heavy (non-hydrogen) atoms. The van der Waals surface area contributed by atoms with E-state index in [1.165, 1.54) is 29.7 Å². The lowest BCUT2D eigenvalue weighted by molar-refractivity contribution is 0.306. The van der Waals surface area contributed by atoms with E-state index in [-0.39, 0.29) is 6.04 Å². The van der Waals surface area contributed by atoms with Crippen molar-refractivity contribution >= 4 is 11.4 Å². The summed E-state index contributed by atoms with van der Waals surface area (Å²) in [6.07, 6.45) is 5.52. The van der Waals surface area contributed by atoms with Crippen LogP contribution in [0.4, 0.5) is 11.4 Å². The standard InChI is InChI=1S/C34H37NO3/c1-3-4-8-23-37-30-16-11-27(12-17-30)33-21-13-28-24-32(36-2)20-22-34(28)35(33)29-14-18-31(19-15-29)38-25-26-9-6-5-7-10-26/h5-7,9-12,14-20,22,24,33H,3-4,8,13,21,23,25H2,1-2H3. The Morgan fingerprint density at radius 1 is 0.763 bits per heavy atom. The molecule has 0 aliphatic carbocycles. The van der Waals surface area contributed by atoms with Crippen LogP contribution < -0.4 is 19.1 Å². The summed E-state index contributed by atoms with van der Waals surface area (Å²) < 4.78 is 17.6. The van der Waals surface area contributed by atoms with Crippen molar-refractivity contribution < 1.29 is 14.2 Å². The summed E-state index contributed by atoms with van der Waals surface area (Å²) in [7, 11) is 1.73. The number of methoxy groups -OCH3 is 1. The quantitative estimate of drug-likeness (QED) is 0.190. The summed E-state index contributed by atoms with van der Waals surface area (Å²) in [5, 5.41) is 0. The summed E-state index contributed by atoms with van der Waals surface area (Å²) in [5.74, 6) is 2.71. The fraction of sp³-hybridized carbons (Fsp3) is 0.294. The SMILES string of the molecule is CCCCCOc1ccc(C2CCc3cc(OC)ccc3N2c2ccc(OCc3ccccc3)cc2)cc1. The van der Waals surface area contributed by atoms with Crippen molar-refractivity contribution in [3.05, 3.63) is 114 Å². The Morgan fingerprint density at radius 2 is 1.47 bits per heavy atom. The third-order valence-corrected chi connectivity index (χ3v) is 7.19. The molecular weight excluding hydrogens is 470 g/mol. The molecule has 196 valence electrons. The Kier molecular flexibility index (Phi) is 8.49. The normalized spacial score (nSPS) is 14.6. The van der Waals surface area contributed by atoms with Crippen LogP contribution in [0.25, 0.3) is 0 Å². The maximum Gasteiger partial charge on any atom is 0.119 e. The fourth-order valence-corrected chi connectivity index (χ4v) is 5.12. The molecular formula is C34H37NO3. The van der Waals surface area contributed by atoms with Gasteiger partial charge in [-0.15, -0.1) is 0 Å². The summed E-state index contributed by atoms with van der Waals surface area (Å²) in [6.45, 7) is 3.54. The van der Waals surface area contributed by atoms with E-state index in [9.17, 15) is 0 Å². The van der Waals surface area contributed by atoms with Crippen LogP contribution in [0, 0.1) is 0 Å². The van der Waals surface area contributed by atoms with Gasteiger partial charge in [0.1, 0.15) is 23.9 Å². The van der Waals surface area contributed by atoms with Gasteiger partial charge in [0.15, 0.2) is 0 Å². The molecule has 1 aliphatic rings. The number of hydrogen-bond donors (Lipinski definition) is 0. The van der Waals surface area contributed by atoms with E-state index < -0.39 is 0 Å². The molecule has 1 heterocycles. The molecule has 0 aromatic heterocycles.